The molecule has 0 heterocycles. The van der Waals surface area contributed by atoms with E-state index in [2.05, 4.69) is 11.8 Å². The van der Waals surface area contributed by atoms with Crippen LogP contribution in [0, 0.1) is 24.7 Å². The van der Waals surface area contributed by atoms with E-state index in [1.54, 1.807) is 0 Å². The van der Waals surface area contributed by atoms with Gasteiger partial charge in [-0.1, -0.05) is 11.8 Å². The quantitative estimate of drug-likeness (QED) is 0.535. The Kier molecular flexibility index (Phi) is 6.64. The summed E-state index contributed by atoms with van der Waals surface area (Å²) in [6.45, 7) is 1.40. The Bertz CT molecular complexity index is 608. The lowest BCUT2D eigenvalue weighted by atomic mass is 10.2. The van der Waals surface area contributed by atoms with Gasteiger partial charge in [0.25, 0.3) is 0 Å². The van der Waals surface area contributed by atoms with Crippen LogP contribution in [0.5, 0.6) is 11.5 Å². The third-order valence-electron chi connectivity index (χ3n) is 3.37. The Balaban J connectivity index is 1.55. The lowest BCUT2D eigenvalue weighted by molar-refractivity contribution is 0.279. The van der Waals surface area contributed by atoms with Gasteiger partial charge < -0.3 is 9.47 Å². The number of rotatable bonds is 8. The van der Waals surface area contributed by atoms with Crippen LogP contribution in [0.2, 0.25) is 0 Å². The predicted octanol–water partition coefficient (Wildman–Crippen LogP) is 4.28. The van der Waals surface area contributed by atoms with Crippen molar-refractivity contribution in [3.05, 3.63) is 59.7 Å². The maximum Gasteiger partial charge on any atom is 0.119 e. The highest BCUT2D eigenvalue weighted by Crippen LogP contribution is 2.13. The minimum absolute atomic E-state index is 0.701. The van der Waals surface area contributed by atoms with Crippen LogP contribution in [-0.4, -0.2) is 13.2 Å². The fourth-order valence-corrected chi connectivity index (χ4v) is 2.06. The molecule has 0 N–H and O–H groups in total. The summed E-state index contributed by atoms with van der Waals surface area (Å²) in [6, 6.07) is 15.1. The van der Waals surface area contributed by atoms with Crippen molar-refractivity contribution in [2.75, 3.05) is 13.2 Å². The van der Waals surface area contributed by atoms with Crippen molar-refractivity contribution in [1.29, 1.82) is 0 Å². The summed E-state index contributed by atoms with van der Waals surface area (Å²) in [4.78, 5) is 0. The summed E-state index contributed by atoms with van der Waals surface area (Å²) in [6.07, 6.45) is 13.7. The monoisotopic (exact) mass is 304 g/mol. The number of benzene rings is 2. The van der Waals surface area contributed by atoms with Gasteiger partial charge in [-0.25, -0.2) is 0 Å². The fourth-order valence-electron chi connectivity index (χ4n) is 2.06. The van der Waals surface area contributed by atoms with E-state index in [-0.39, 0.29) is 0 Å². The largest absolute Gasteiger partial charge is 0.494 e. The molecule has 0 bridgehead atoms. The zero-order valence-corrected chi connectivity index (χ0v) is 13.1. The molecule has 0 fully saturated rings. The first-order chi connectivity index (χ1) is 11.3. The van der Waals surface area contributed by atoms with E-state index in [1.807, 2.05) is 48.5 Å². The molecule has 0 unspecified atom stereocenters. The minimum Gasteiger partial charge on any atom is -0.494 e. The van der Waals surface area contributed by atoms with Gasteiger partial charge in [-0.15, -0.1) is 12.8 Å². The third kappa shape index (κ3) is 5.81. The molecule has 2 nitrogen and oxygen atoms in total. The first-order valence-electron chi connectivity index (χ1n) is 7.71. The average molecular weight is 304 g/mol. The van der Waals surface area contributed by atoms with Crippen molar-refractivity contribution in [3.8, 4) is 36.2 Å². The van der Waals surface area contributed by atoms with Crippen molar-refractivity contribution in [1.82, 2.24) is 0 Å². The van der Waals surface area contributed by atoms with E-state index < -0.39 is 0 Å². The topological polar surface area (TPSA) is 18.5 Å². The molecule has 0 aromatic heterocycles. The lowest BCUT2D eigenvalue weighted by Crippen LogP contribution is -2.01. The number of terminal acetylenes is 2. The number of hydrogen-bond acceptors (Lipinski definition) is 2. The molecule has 0 aliphatic carbocycles. The van der Waals surface area contributed by atoms with Crippen LogP contribution in [0.15, 0.2) is 48.5 Å². The Labute approximate surface area is 138 Å². The number of hydrogen-bond donors (Lipinski definition) is 0. The van der Waals surface area contributed by atoms with Crippen molar-refractivity contribution in [2.24, 2.45) is 0 Å². The molecule has 2 aromatic carbocycles. The van der Waals surface area contributed by atoms with Gasteiger partial charge in [-0.05, 0) is 67.8 Å². The molecule has 2 aromatic rings. The van der Waals surface area contributed by atoms with Gasteiger partial charge in [0.05, 0.1) is 13.2 Å². The maximum atomic E-state index is 5.67. The van der Waals surface area contributed by atoms with Gasteiger partial charge in [0.15, 0.2) is 0 Å². The molecular weight excluding hydrogens is 284 g/mol. The van der Waals surface area contributed by atoms with Gasteiger partial charge in [-0.2, -0.15) is 0 Å². The number of unbranched alkanes of at least 4 members (excludes halogenated alkanes) is 2. The molecule has 0 atom stereocenters. The lowest BCUT2D eigenvalue weighted by Gasteiger charge is -2.07. The van der Waals surface area contributed by atoms with Crippen LogP contribution >= 0.6 is 0 Å². The van der Waals surface area contributed by atoms with Gasteiger partial charge in [0.1, 0.15) is 11.5 Å². The molecule has 0 spiro atoms. The summed E-state index contributed by atoms with van der Waals surface area (Å²) < 4.78 is 11.3. The molecule has 2 rings (SSSR count). The zero-order valence-electron chi connectivity index (χ0n) is 13.1. The standard InChI is InChI=1S/C21H20O2/c1-3-18-8-12-20(13-9-18)22-16-6-5-7-17-23-21-14-10-19(4-2)11-15-21/h1-2,8-15H,5-7,16-17H2. The normalized spacial score (nSPS) is 9.65. The second kappa shape index (κ2) is 9.23. The highest BCUT2D eigenvalue weighted by Gasteiger charge is 1.96. The van der Waals surface area contributed by atoms with Crippen LogP contribution < -0.4 is 9.47 Å². The molecule has 0 saturated heterocycles. The van der Waals surface area contributed by atoms with E-state index in [4.69, 9.17) is 22.3 Å². The molecule has 116 valence electrons. The highest BCUT2D eigenvalue weighted by molar-refractivity contribution is 5.37. The first-order valence-corrected chi connectivity index (χ1v) is 7.71. The van der Waals surface area contributed by atoms with Gasteiger partial charge in [-0.3, -0.25) is 0 Å². The van der Waals surface area contributed by atoms with Crippen molar-refractivity contribution < 1.29 is 9.47 Å². The fraction of sp³-hybridized carbons (Fsp3) is 0.238. The SMILES string of the molecule is C#Cc1ccc(OCCCCCOc2ccc(C#C)cc2)cc1. The predicted molar refractivity (Wildman–Crippen MR) is 93.6 cm³/mol. The Morgan fingerprint density at radius 2 is 1.00 bits per heavy atom. The molecule has 0 saturated carbocycles. The van der Waals surface area contributed by atoms with E-state index in [0.29, 0.717) is 13.2 Å². The summed E-state index contributed by atoms with van der Waals surface area (Å²) in [7, 11) is 0. The summed E-state index contributed by atoms with van der Waals surface area (Å²) >= 11 is 0. The number of ether oxygens (including phenoxy) is 2. The van der Waals surface area contributed by atoms with Crippen LogP contribution in [0.4, 0.5) is 0 Å². The Morgan fingerprint density at radius 3 is 1.35 bits per heavy atom. The van der Waals surface area contributed by atoms with Crippen molar-refractivity contribution in [2.45, 2.75) is 19.3 Å². The maximum absolute atomic E-state index is 5.67. The molecule has 23 heavy (non-hydrogen) atoms. The zero-order chi connectivity index (χ0) is 16.3. The average Bonchev–Trinajstić information content (AvgIpc) is 2.62. The summed E-state index contributed by atoms with van der Waals surface area (Å²) in [5, 5.41) is 0. The Hall–Kier alpha value is -2.84. The second-order valence-corrected chi connectivity index (χ2v) is 5.10. The third-order valence-corrected chi connectivity index (χ3v) is 3.37. The van der Waals surface area contributed by atoms with Crippen LogP contribution in [0.3, 0.4) is 0 Å². The van der Waals surface area contributed by atoms with Crippen LogP contribution in [-0.2, 0) is 0 Å². The van der Waals surface area contributed by atoms with Crippen molar-refractivity contribution >= 4 is 0 Å². The summed E-state index contributed by atoms with van der Waals surface area (Å²) in [5.41, 5.74) is 1.73. The smallest absolute Gasteiger partial charge is 0.119 e. The van der Waals surface area contributed by atoms with E-state index >= 15 is 0 Å². The molecule has 2 heteroatoms. The molecule has 0 amide bonds. The Morgan fingerprint density at radius 1 is 0.609 bits per heavy atom. The molecular formula is C21H20O2. The van der Waals surface area contributed by atoms with Crippen molar-refractivity contribution in [3.63, 3.8) is 0 Å². The van der Waals surface area contributed by atoms with Gasteiger partial charge >= 0.3 is 0 Å². The minimum atomic E-state index is 0.701. The van der Waals surface area contributed by atoms with Crippen LogP contribution in [0.25, 0.3) is 0 Å². The van der Waals surface area contributed by atoms with Gasteiger partial charge in [0.2, 0.25) is 0 Å². The van der Waals surface area contributed by atoms with E-state index in [9.17, 15) is 0 Å². The van der Waals surface area contributed by atoms with Crippen LogP contribution in [0.1, 0.15) is 30.4 Å². The first kappa shape index (κ1) is 16.5. The van der Waals surface area contributed by atoms with Gasteiger partial charge in [0, 0.05) is 11.1 Å². The molecule has 0 aliphatic rings. The second-order valence-electron chi connectivity index (χ2n) is 5.10. The highest BCUT2D eigenvalue weighted by atomic mass is 16.5. The van der Waals surface area contributed by atoms with E-state index in [1.165, 1.54) is 0 Å². The molecule has 0 radical (unpaired) electrons. The summed E-state index contributed by atoms with van der Waals surface area (Å²) in [5.74, 6) is 6.88. The molecule has 0 aliphatic heterocycles. The van der Waals surface area contributed by atoms with E-state index in [0.717, 1.165) is 41.9 Å².